The van der Waals surface area contributed by atoms with E-state index >= 15 is 0 Å². The Bertz CT molecular complexity index is 473. The lowest BCUT2D eigenvalue weighted by atomic mass is 9.80. The van der Waals surface area contributed by atoms with Gasteiger partial charge >= 0.3 is 0 Å². The molecule has 2 fully saturated rings. The molecule has 6 heteroatoms. The van der Waals surface area contributed by atoms with Crippen LogP contribution < -0.4 is 11.1 Å². The molecule has 2 aliphatic rings. The van der Waals surface area contributed by atoms with Gasteiger partial charge in [-0.15, -0.1) is 0 Å². The Labute approximate surface area is 118 Å². The van der Waals surface area contributed by atoms with E-state index in [1.54, 1.807) is 0 Å². The molecule has 0 bridgehead atoms. The van der Waals surface area contributed by atoms with Gasteiger partial charge in [-0.3, -0.25) is 4.79 Å². The topological polar surface area (TPSA) is 94.0 Å². The van der Waals surface area contributed by atoms with Crippen molar-refractivity contribution in [2.24, 2.45) is 5.73 Å². The molecular formula is C14H22N4O2. The number of hydrogen-bond acceptors (Lipinski definition) is 5. The zero-order valence-corrected chi connectivity index (χ0v) is 11.7. The molecule has 0 aromatic carbocycles. The monoisotopic (exact) mass is 278 g/mol. The lowest BCUT2D eigenvalue weighted by Crippen LogP contribution is -2.35. The SMILES string of the molecule is NCC1(c2nc(C(=O)NC3CC3)no2)CCCCCC1. The summed E-state index contributed by atoms with van der Waals surface area (Å²) in [4.78, 5) is 16.3. The van der Waals surface area contributed by atoms with Crippen molar-refractivity contribution in [2.75, 3.05) is 6.54 Å². The van der Waals surface area contributed by atoms with Crippen LogP contribution in [-0.2, 0) is 5.41 Å². The molecule has 1 heterocycles. The van der Waals surface area contributed by atoms with Gasteiger partial charge in [0.25, 0.3) is 11.7 Å². The summed E-state index contributed by atoms with van der Waals surface area (Å²) in [5.74, 6) is 0.454. The molecule has 0 radical (unpaired) electrons. The number of hydrogen-bond donors (Lipinski definition) is 2. The Morgan fingerprint density at radius 1 is 1.30 bits per heavy atom. The summed E-state index contributed by atoms with van der Waals surface area (Å²) >= 11 is 0. The molecule has 1 aromatic heterocycles. The summed E-state index contributed by atoms with van der Waals surface area (Å²) < 4.78 is 5.38. The average Bonchev–Trinajstić information content (AvgIpc) is 3.19. The predicted octanol–water partition coefficient (Wildman–Crippen LogP) is 1.51. The van der Waals surface area contributed by atoms with Gasteiger partial charge < -0.3 is 15.6 Å². The maximum absolute atomic E-state index is 11.9. The first kappa shape index (κ1) is 13.5. The number of nitrogens with zero attached hydrogens (tertiary/aromatic N) is 2. The van der Waals surface area contributed by atoms with E-state index in [-0.39, 0.29) is 17.1 Å². The van der Waals surface area contributed by atoms with Gasteiger partial charge in [0.05, 0.1) is 5.41 Å². The van der Waals surface area contributed by atoms with Crippen LogP contribution in [0, 0.1) is 0 Å². The van der Waals surface area contributed by atoms with E-state index < -0.39 is 0 Å². The van der Waals surface area contributed by atoms with Crippen LogP contribution in [0.3, 0.4) is 0 Å². The molecule has 0 aliphatic heterocycles. The van der Waals surface area contributed by atoms with E-state index in [2.05, 4.69) is 15.5 Å². The van der Waals surface area contributed by atoms with Crippen molar-refractivity contribution < 1.29 is 9.32 Å². The van der Waals surface area contributed by atoms with E-state index in [4.69, 9.17) is 10.3 Å². The third-order valence-electron chi connectivity index (χ3n) is 4.45. The summed E-state index contributed by atoms with van der Waals surface area (Å²) in [5.41, 5.74) is 5.75. The van der Waals surface area contributed by atoms with Crippen molar-refractivity contribution in [3.05, 3.63) is 11.7 Å². The first-order valence-corrected chi connectivity index (χ1v) is 7.59. The first-order chi connectivity index (χ1) is 9.73. The highest BCUT2D eigenvalue weighted by atomic mass is 16.5. The standard InChI is InChI=1S/C14H22N4O2/c15-9-14(7-3-1-2-4-8-14)13-17-11(18-20-13)12(19)16-10-5-6-10/h10H,1-9,15H2,(H,16,19). The predicted molar refractivity (Wildman–Crippen MR) is 73.2 cm³/mol. The van der Waals surface area contributed by atoms with E-state index in [0.29, 0.717) is 18.5 Å². The molecule has 110 valence electrons. The number of nitrogens with two attached hydrogens (primary N) is 1. The number of amides is 1. The van der Waals surface area contributed by atoms with Crippen LogP contribution in [0.4, 0.5) is 0 Å². The largest absolute Gasteiger partial charge is 0.346 e. The van der Waals surface area contributed by atoms with Gasteiger partial charge in [0, 0.05) is 12.6 Å². The van der Waals surface area contributed by atoms with Crippen LogP contribution >= 0.6 is 0 Å². The first-order valence-electron chi connectivity index (χ1n) is 7.59. The molecule has 3 N–H and O–H groups in total. The van der Waals surface area contributed by atoms with Gasteiger partial charge in [-0.2, -0.15) is 4.98 Å². The second-order valence-corrected chi connectivity index (χ2v) is 6.07. The van der Waals surface area contributed by atoms with Crippen LogP contribution in [0.15, 0.2) is 4.52 Å². The summed E-state index contributed by atoms with van der Waals surface area (Å²) in [5, 5.41) is 6.72. The normalized spacial score (nSPS) is 22.2. The molecule has 0 atom stereocenters. The minimum atomic E-state index is -0.235. The van der Waals surface area contributed by atoms with Crippen molar-refractivity contribution in [1.29, 1.82) is 0 Å². The van der Waals surface area contributed by atoms with E-state index in [1.807, 2.05) is 0 Å². The third-order valence-corrected chi connectivity index (χ3v) is 4.45. The summed E-state index contributed by atoms with van der Waals surface area (Å²) in [6.07, 6.45) is 8.74. The Kier molecular flexibility index (Phi) is 3.74. The lowest BCUT2D eigenvalue weighted by molar-refractivity contribution is 0.0937. The van der Waals surface area contributed by atoms with Crippen LogP contribution in [0.2, 0.25) is 0 Å². The quantitative estimate of drug-likeness (QED) is 0.814. The summed E-state index contributed by atoms with van der Waals surface area (Å²) in [6.45, 7) is 0.499. The van der Waals surface area contributed by atoms with Gasteiger partial charge in [-0.1, -0.05) is 30.8 Å². The fourth-order valence-corrected chi connectivity index (χ4v) is 2.92. The lowest BCUT2D eigenvalue weighted by Gasteiger charge is -2.26. The maximum atomic E-state index is 11.9. The molecule has 2 saturated carbocycles. The number of carbonyl (C=O) groups excluding carboxylic acids is 1. The molecule has 1 amide bonds. The van der Waals surface area contributed by atoms with Gasteiger partial charge in [0.2, 0.25) is 5.89 Å². The number of nitrogens with one attached hydrogen (secondary N) is 1. The van der Waals surface area contributed by atoms with Crippen molar-refractivity contribution >= 4 is 5.91 Å². The molecule has 0 unspecified atom stereocenters. The number of aromatic nitrogens is 2. The molecule has 1 aromatic rings. The second kappa shape index (κ2) is 5.52. The minimum absolute atomic E-state index is 0.143. The van der Waals surface area contributed by atoms with Crippen LogP contribution in [0.5, 0.6) is 0 Å². The van der Waals surface area contributed by atoms with Crippen molar-refractivity contribution in [1.82, 2.24) is 15.5 Å². The van der Waals surface area contributed by atoms with Crippen molar-refractivity contribution in [3.8, 4) is 0 Å². The molecular weight excluding hydrogens is 256 g/mol. The fraction of sp³-hybridized carbons (Fsp3) is 0.786. The average molecular weight is 278 g/mol. The molecule has 6 nitrogen and oxygen atoms in total. The van der Waals surface area contributed by atoms with Gasteiger partial charge in [0.1, 0.15) is 0 Å². The minimum Gasteiger partial charge on any atom is -0.346 e. The summed E-state index contributed by atoms with van der Waals surface area (Å²) in [6, 6.07) is 0.297. The molecule has 20 heavy (non-hydrogen) atoms. The highest BCUT2D eigenvalue weighted by Gasteiger charge is 2.38. The number of rotatable bonds is 4. The smallest absolute Gasteiger partial charge is 0.292 e. The van der Waals surface area contributed by atoms with Crippen molar-refractivity contribution in [2.45, 2.75) is 62.8 Å². The van der Waals surface area contributed by atoms with Gasteiger partial charge in [0.15, 0.2) is 0 Å². The van der Waals surface area contributed by atoms with E-state index in [0.717, 1.165) is 38.5 Å². The molecule has 2 aliphatic carbocycles. The highest BCUT2D eigenvalue weighted by molar-refractivity contribution is 5.90. The van der Waals surface area contributed by atoms with E-state index in [9.17, 15) is 4.79 Å². The van der Waals surface area contributed by atoms with Gasteiger partial charge in [-0.25, -0.2) is 0 Å². The molecule has 0 saturated heterocycles. The second-order valence-electron chi connectivity index (χ2n) is 6.07. The molecule has 3 rings (SSSR count). The highest BCUT2D eigenvalue weighted by Crippen LogP contribution is 2.36. The zero-order valence-electron chi connectivity index (χ0n) is 11.7. The summed E-state index contributed by atoms with van der Waals surface area (Å²) in [7, 11) is 0. The van der Waals surface area contributed by atoms with Crippen LogP contribution in [0.1, 0.15) is 67.9 Å². The Morgan fingerprint density at radius 3 is 2.60 bits per heavy atom. The Morgan fingerprint density at radius 2 is 2.00 bits per heavy atom. The fourth-order valence-electron chi connectivity index (χ4n) is 2.92. The molecule has 0 spiro atoms. The Hall–Kier alpha value is -1.43. The van der Waals surface area contributed by atoms with Crippen molar-refractivity contribution in [3.63, 3.8) is 0 Å². The van der Waals surface area contributed by atoms with Crippen LogP contribution in [0.25, 0.3) is 0 Å². The number of carbonyl (C=O) groups is 1. The maximum Gasteiger partial charge on any atom is 0.292 e. The van der Waals surface area contributed by atoms with E-state index in [1.165, 1.54) is 12.8 Å². The van der Waals surface area contributed by atoms with Crippen LogP contribution in [-0.4, -0.2) is 28.6 Å². The Balaban J connectivity index is 1.77. The van der Waals surface area contributed by atoms with Gasteiger partial charge in [-0.05, 0) is 25.7 Å². The third kappa shape index (κ3) is 2.70. The zero-order chi connectivity index (χ0) is 14.0.